The second-order valence-electron chi connectivity index (χ2n) is 5.75. The number of benzene rings is 2. The van der Waals surface area contributed by atoms with E-state index in [1.165, 1.54) is 0 Å². The summed E-state index contributed by atoms with van der Waals surface area (Å²) in [4.78, 5) is 0. The number of halogens is 1. The van der Waals surface area contributed by atoms with Crippen molar-refractivity contribution in [2.24, 2.45) is 5.73 Å². The number of rotatable bonds is 8. The quantitative estimate of drug-likeness (QED) is 0.746. The highest BCUT2D eigenvalue weighted by atomic mass is 35.5. The van der Waals surface area contributed by atoms with Gasteiger partial charge in [-0.15, -0.1) is 12.4 Å². The largest absolute Gasteiger partial charge is 0.378 e. The predicted octanol–water partition coefficient (Wildman–Crippen LogP) is 2.61. The standard InChI is InChI=1S/C17H24N2O3S.ClH/c1-13(2)22-9-10-23(20,21)19-17(12-18)16-8-7-14-5-3-4-6-15(14)11-16;/h3-8,11,13,17,19H,9-10,12,18H2,1-2H3;1H. The van der Waals surface area contributed by atoms with Crippen molar-refractivity contribution < 1.29 is 13.2 Å². The van der Waals surface area contributed by atoms with Crippen molar-refractivity contribution in [2.75, 3.05) is 18.9 Å². The van der Waals surface area contributed by atoms with Crippen molar-refractivity contribution in [3.63, 3.8) is 0 Å². The van der Waals surface area contributed by atoms with Gasteiger partial charge in [0.15, 0.2) is 0 Å². The van der Waals surface area contributed by atoms with Gasteiger partial charge in [-0.3, -0.25) is 0 Å². The molecule has 0 heterocycles. The summed E-state index contributed by atoms with van der Waals surface area (Å²) in [5, 5.41) is 2.17. The molecule has 2 aromatic carbocycles. The lowest BCUT2D eigenvalue weighted by atomic mass is 10.0. The van der Waals surface area contributed by atoms with E-state index >= 15 is 0 Å². The number of hydrogen-bond donors (Lipinski definition) is 2. The molecule has 0 radical (unpaired) electrons. The molecule has 0 fully saturated rings. The van der Waals surface area contributed by atoms with E-state index in [9.17, 15) is 8.42 Å². The van der Waals surface area contributed by atoms with Crippen molar-refractivity contribution in [2.45, 2.75) is 26.0 Å². The molecular formula is C17H25ClN2O3S. The minimum Gasteiger partial charge on any atom is -0.378 e. The summed E-state index contributed by atoms with van der Waals surface area (Å²) in [7, 11) is -3.44. The molecule has 7 heteroatoms. The molecule has 24 heavy (non-hydrogen) atoms. The zero-order valence-corrected chi connectivity index (χ0v) is 15.6. The molecule has 0 aliphatic rings. The lowest BCUT2D eigenvalue weighted by Gasteiger charge is -2.18. The molecular weight excluding hydrogens is 348 g/mol. The normalized spacial score (nSPS) is 13.0. The second kappa shape index (κ2) is 9.34. The SMILES string of the molecule is CC(C)OCCS(=O)(=O)NC(CN)c1ccc2ccccc2c1.Cl. The third kappa shape index (κ3) is 6.03. The van der Waals surface area contributed by atoms with Crippen LogP contribution in [0, 0.1) is 0 Å². The summed E-state index contributed by atoms with van der Waals surface area (Å²) in [6, 6.07) is 13.4. The summed E-state index contributed by atoms with van der Waals surface area (Å²) < 4.78 is 32.3. The smallest absolute Gasteiger partial charge is 0.214 e. The Morgan fingerprint density at radius 2 is 1.79 bits per heavy atom. The van der Waals surface area contributed by atoms with Crippen LogP contribution in [0.25, 0.3) is 10.8 Å². The Bertz CT molecular complexity index is 750. The van der Waals surface area contributed by atoms with Gasteiger partial charge in [-0.2, -0.15) is 0 Å². The number of nitrogens with two attached hydrogens (primary N) is 1. The van der Waals surface area contributed by atoms with Gasteiger partial charge in [0.25, 0.3) is 0 Å². The summed E-state index contributed by atoms with van der Waals surface area (Å²) in [6.07, 6.45) is 0.0102. The maximum absolute atomic E-state index is 12.2. The first-order valence-corrected chi connectivity index (χ1v) is 9.37. The monoisotopic (exact) mass is 372 g/mol. The predicted molar refractivity (Wildman–Crippen MR) is 101 cm³/mol. The third-order valence-electron chi connectivity index (χ3n) is 3.54. The van der Waals surface area contributed by atoms with Gasteiger partial charge >= 0.3 is 0 Å². The Morgan fingerprint density at radius 1 is 1.12 bits per heavy atom. The molecule has 1 unspecified atom stereocenters. The first-order chi connectivity index (χ1) is 10.9. The van der Waals surface area contributed by atoms with Crippen LogP contribution >= 0.6 is 12.4 Å². The van der Waals surface area contributed by atoms with Gasteiger partial charge in [-0.05, 0) is 36.2 Å². The summed E-state index contributed by atoms with van der Waals surface area (Å²) >= 11 is 0. The van der Waals surface area contributed by atoms with Gasteiger partial charge in [0.05, 0.1) is 24.5 Å². The minimum atomic E-state index is -3.44. The van der Waals surface area contributed by atoms with E-state index in [0.29, 0.717) is 0 Å². The average molecular weight is 373 g/mol. The summed E-state index contributed by atoms with van der Waals surface area (Å²) in [6.45, 7) is 4.11. The van der Waals surface area contributed by atoms with Crippen molar-refractivity contribution in [3.8, 4) is 0 Å². The maximum Gasteiger partial charge on any atom is 0.214 e. The minimum absolute atomic E-state index is 0. The van der Waals surface area contributed by atoms with Crippen LogP contribution in [0.15, 0.2) is 42.5 Å². The molecule has 0 spiro atoms. The van der Waals surface area contributed by atoms with Crippen LogP contribution in [-0.2, 0) is 14.8 Å². The number of sulfonamides is 1. The van der Waals surface area contributed by atoms with Crippen LogP contribution in [0.5, 0.6) is 0 Å². The van der Waals surface area contributed by atoms with Crippen LogP contribution in [0.1, 0.15) is 25.5 Å². The van der Waals surface area contributed by atoms with Crippen LogP contribution < -0.4 is 10.5 Å². The number of hydrogen-bond acceptors (Lipinski definition) is 4. The first-order valence-electron chi connectivity index (χ1n) is 7.71. The van der Waals surface area contributed by atoms with Crippen molar-refractivity contribution in [1.82, 2.24) is 4.72 Å². The molecule has 5 nitrogen and oxygen atoms in total. The average Bonchev–Trinajstić information content (AvgIpc) is 2.51. The lowest BCUT2D eigenvalue weighted by molar-refractivity contribution is 0.0911. The summed E-state index contributed by atoms with van der Waals surface area (Å²) in [5.41, 5.74) is 6.64. The molecule has 0 bridgehead atoms. The third-order valence-corrected chi connectivity index (χ3v) is 4.88. The number of nitrogens with one attached hydrogen (secondary N) is 1. The fraction of sp³-hybridized carbons (Fsp3) is 0.412. The maximum atomic E-state index is 12.2. The van der Waals surface area contributed by atoms with Gasteiger partial charge in [-0.1, -0.05) is 36.4 Å². The van der Waals surface area contributed by atoms with E-state index in [1.807, 2.05) is 56.3 Å². The zero-order valence-electron chi connectivity index (χ0n) is 13.9. The van der Waals surface area contributed by atoms with E-state index in [2.05, 4.69) is 4.72 Å². The summed E-state index contributed by atoms with van der Waals surface area (Å²) in [5.74, 6) is -0.0741. The van der Waals surface area contributed by atoms with Crippen LogP contribution in [0.4, 0.5) is 0 Å². The van der Waals surface area contributed by atoms with Crippen molar-refractivity contribution in [1.29, 1.82) is 0 Å². The molecule has 0 amide bonds. The molecule has 3 N–H and O–H groups in total. The van der Waals surface area contributed by atoms with Gasteiger partial charge in [0.2, 0.25) is 10.0 Å². The lowest BCUT2D eigenvalue weighted by Crippen LogP contribution is -2.36. The van der Waals surface area contributed by atoms with Gasteiger partial charge < -0.3 is 10.5 Å². The molecule has 0 aliphatic carbocycles. The molecule has 0 aliphatic heterocycles. The van der Waals surface area contributed by atoms with Crippen LogP contribution in [0.3, 0.4) is 0 Å². The van der Waals surface area contributed by atoms with Crippen molar-refractivity contribution >= 4 is 33.2 Å². The van der Waals surface area contributed by atoms with E-state index in [0.717, 1.165) is 16.3 Å². The zero-order chi connectivity index (χ0) is 16.9. The van der Waals surface area contributed by atoms with Crippen molar-refractivity contribution in [3.05, 3.63) is 48.0 Å². The second-order valence-corrected chi connectivity index (χ2v) is 7.62. The fourth-order valence-corrected chi connectivity index (χ4v) is 3.45. The van der Waals surface area contributed by atoms with Gasteiger partial charge in [0.1, 0.15) is 0 Å². The van der Waals surface area contributed by atoms with Gasteiger partial charge in [-0.25, -0.2) is 13.1 Å². The highest BCUT2D eigenvalue weighted by Crippen LogP contribution is 2.20. The highest BCUT2D eigenvalue weighted by Gasteiger charge is 2.18. The molecule has 0 saturated carbocycles. The molecule has 0 saturated heterocycles. The van der Waals surface area contributed by atoms with Crippen LogP contribution in [-0.4, -0.2) is 33.4 Å². The molecule has 0 aromatic heterocycles. The molecule has 2 rings (SSSR count). The Morgan fingerprint density at radius 3 is 2.42 bits per heavy atom. The number of fused-ring (bicyclic) bond motifs is 1. The first kappa shape index (κ1) is 20.9. The molecule has 1 atom stereocenters. The Hall–Kier alpha value is -1.18. The van der Waals surface area contributed by atoms with Crippen LogP contribution in [0.2, 0.25) is 0 Å². The Balaban J connectivity index is 0.00000288. The highest BCUT2D eigenvalue weighted by molar-refractivity contribution is 7.89. The van der Waals surface area contributed by atoms with E-state index < -0.39 is 16.1 Å². The number of ether oxygens (including phenoxy) is 1. The fourth-order valence-electron chi connectivity index (χ4n) is 2.35. The Kier molecular flexibility index (Phi) is 8.12. The van der Waals surface area contributed by atoms with E-state index in [4.69, 9.17) is 10.5 Å². The Labute approximate surface area is 150 Å². The van der Waals surface area contributed by atoms with Gasteiger partial charge in [0, 0.05) is 6.54 Å². The molecule has 2 aromatic rings. The molecule has 134 valence electrons. The topological polar surface area (TPSA) is 81.4 Å². The van der Waals surface area contributed by atoms with E-state index in [1.54, 1.807) is 0 Å². The van der Waals surface area contributed by atoms with E-state index in [-0.39, 0.29) is 37.4 Å².